The van der Waals surface area contributed by atoms with Crippen LogP contribution in [-0.2, 0) is 28.9 Å². The highest BCUT2D eigenvalue weighted by Gasteiger charge is 2.21. The predicted molar refractivity (Wildman–Crippen MR) is 114 cm³/mol. The molecule has 3 aromatic rings. The predicted octanol–water partition coefficient (Wildman–Crippen LogP) is 3.09. The van der Waals surface area contributed by atoms with Gasteiger partial charge in [0.05, 0.1) is 16.5 Å². The van der Waals surface area contributed by atoms with Crippen LogP contribution < -0.4 is 10.9 Å². The SMILES string of the molecule is CCc1ccc(NC(=O)[C@@H](C)OC(=O)c2ccc3c(=O)n4c(nc3c2)CCC4)cc1. The van der Waals surface area contributed by atoms with E-state index in [2.05, 4.69) is 17.2 Å². The summed E-state index contributed by atoms with van der Waals surface area (Å²) in [4.78, 5) is 42.0. The van der Waals surface area contributed by atoms with Gasteiger partial charge < -0.3 is 10.1 Å². The van der Waals surface area contributed by atoms with Gasteiger partial charge in [-0.05, 0) is 55.7 Å². The van der Waals surface area contributed by atoms with Crippen LogP contribution in [0.25, 0.3) is 10.9 Å². The van der Waals surface area contributed by atoms with Gasteiger partial charge in [0.2, 0.25) is 0 Å². The molecule has 0 bridgehead atoms. The summed E-state index contributed by atoms with van der Waals surface area (Å²) in [7, 11) is 0. The molecule has 7 nitrogen and oxygen atoms in total. The Morgan fingerprint density at radius 1 is 1.20 bits per heavy atom. The van der Waals surface area contributed by atoms with Gasteiger partial charge in [-0.2, -0.15) is 0 Å². The number of hydrogen-bond acceptors (Lipinski definition) is 5. The Labute approximate surface area is 173 Å². The molecule has 1 aliphatic heterocycles. The molecule has 30 heavy (non-hydrogen) atoms. The zero-order valence-corrected chi connectivity index (χ0v) is 17.0. The van der Waals surface area contributed by atoms with Crippen molar-refractivity contribution in [3.8, 4) is 0 Å². The molecule has 0 radical (unpaired) electrons. The summed E-state index contributed by atoms with van der Waals surface area (Å²) < 4.78 is 7.01. The number of carbonyl (C=O) groups is 2. The summed E-state index contributed by atoms with van der Waals surface area (Å²) in [6, 6.07) is 12.2. The Morgan fingerprint density at radius 3 is 2.70 bits per heavy atom. The lowest BCUT2D eigenvalue weighted by atomic mass is 10.1. The molecule has 0 saturated carbocycles. The maximum Gasteiger partial charge on any atom is 0.338 e. The monoisotopic (exact) mass is 405 g/mol. The molecule has 154 valence electrons. The van der Waals surface area contributed by atoms with Crippen molar-refractivity contribution in [3.63, 3.8) is 0 Å². The van der Waals surface area contributed by atoms with Crippen LogP contribution >= 0.6 is 0 Å². The molecule has 2 heterocycles. The minimum Gasteiger partial charge on any atom is -0.449 e. The number of esters is 1. The van der Waals surface area contributed by atoms with Crippen LogP contribution in [0.1, 0.15) is 42.0 Å². The van der Waals surface area contributed by atoms with Gasteiger partial charge in [0.1, 0.15) is 5.82 Å². The first-order valence-corrected chi connectivity index (χ1v) is 10.1. The van der Waals surface area contributed by atoms with Gasteiger partial charge in [0.15, 0.2) is 6.10 Å². The number of nitrogens with one attached hydrogen (secondary N) is 1. The van der Waals surface area contributed by atoms with Crippen molar-refractivity contribution < 1.29 is 14.3 Å². The molecule has 0 fully saturated rings. The minimum absolute atomic E-state index is 0.0887. The molecule has 0 saturated heterocycles. The van der Waals surface area contributed by atoms with E-state index in [0.717, 1.165) is 25.1 Å². The maximum absolute atomic E-state index is 12.5. The minimum atomic E-state index is -0.974. The highest BCUT2D eigenvalue weighted by molar-refractivity contribution is 5.98. The third-order valence-electron chi connectivity index (χ3n) is 5.33. The molecule has 1 N–H and O–H groups in total. The van der Waals surface area contributed by atoms with Crippen molar-refractivity contribution in [1.82, 2.24) is 9.55 Å². The van der Waals surface area contributed by atoms with E-state index in [1.54, 1.807) is 16.7 Å². The molecule has 0 unspecified atom stereocenters. The Balaban J connectivity index is 1.47. The molecular weight excluding hydrogens is 382 g/mol. The van der Waals surface area contributed by atoms with Crippen molar-refractivity contribution in [2.75, 3.05) is 5.32 Å². The number of benzene rings is 2. The van der Waals surface area contributed by atoms with Gasteiger partial charge in [-0.3, -0.25) is 14.2 Å². The lowest BCUT2D eigenvalue weighted by Crippen LogP contribution is -2.30. The molecule has 1 amide bonds. The highest BCUT2D eigenvalue weighted by Crippen LogP contribution is 2.17. The van der Waals surface area contributed by atoms with Crippen LogP contribution in [0.3, 0.4) is 0 Å². The summed E-state index contributed by atoms with van der Waals surface area (Å²) in [5.41, 5.74) is 2.45. The smallest absolute Gasteiger partial charge is 0.338 e. The van der Waals surface area contributed by atoms with Crippen molar-refractivity contribution in [2.24, 2.45) is 0 Å². The van der Waals surface area contributed by atoms with Crippen LogP contribution in [0, 0.1) is 0 Å². The van der Waals surface area contributed by atoms with E-state index in [1.807, 2.05) is 24.3 Å². The molecule has 2 aromatic carbocycles. The van der Waals surface area contributed by atoms with Crippen LogP contribution in [0.4, 0.5) is 5.69 Å². The number of amides is 1. The van der Waals surface area contributed by atoms with Crippen LogP contribution in [0.15, 0.2) is 47.3 Å². The van der Waals surface area contributed by atoms with E-state index in [0.29, 0.717) is 23.1 Å². The summed E-state index contributed by atoms with van der Waals surface area (Å²) in [5, 5.41) is 3.21. The maximum atomic E-state index is 12.5. The number of aromatic nitrogens is 2. The molecule has 7 heteroatoms. The van der Waals surface area contributed by atoms with Crippen molar-refractivity contribution >= 4 is 28.5 Å². The van der Waals surface area contributed by atoms with E-state index in [1.165, 1.54) is 18.6 Å². The first-order valence-electron chi connectivity index (χ1n) is 10.1. The van der Waals surface area contributed by atoms with Crippen LogP contribution in [0.5, 0.6) is 0 Å². The first kappa shape index (κ1) is 19.8. The molecule has 4 rings (SSSR count). The average molecular weight is 405 g/mol. The quantitative estimate of drug-likeness (QED) is 0.659. The normalized spacial score (nSPS) is 13.7. The van der Waals surface area contributed by atoms with Crippen LogP contribution in [-0.4, -0.2) is 27.5 Å². The van der Waals surface area contributed by atoms with Gasteiger partial charge in [-0.15, -0.1) is 0 Å². The largest absolute Gasteiger partial charge is 0.449 e. The number of nitrogens with zero attached hydrogens (tertiary/aromatic N) is 2. The Hall–Kier alpha value is -3.48. The van der Waals surface area contributed by atoms with Gasteiger partial charge in [0.25, 0.3) is 11.5 Å². The molecule has 1 aromatic heterocycles. The Kier molecular flexibility index (Phi) is 5.35. The number of rotatable bonds is 5. The number of ether oxygens (including phenoxy) is 1. The molecule has 1 atom stereocenters. The summed E-state index contributed by atoms with van der Waals surface area (Å²) in [6.45, 7) is 4.25. The van der Waals surface area contributed by atoms with E-state index >= 15 is 0 Å². The fraction of sp³-hybridized carbons (Fsp3) is 0.304. The Morgan fingerprint density at radius 2 is 1.97 bits per heavy atom. The van der Waals surface area contributed by atoms with Crippen molar-refractivity contribution in [3.05, 3.63) is 69.8 Å². The van der Waals surface area contributed by atoms with E-state index < -0.39 is 18.0 Å². The third kappa shape index (κ3) is 3.83. The van der Waals surface area contributed by atoms with E-state index in [4.69, 9.17) is 4.74 Å². The lowest BCUT2D eigenvalue weighted by Gasteiger charge is -2.14. The summed E-state index contributed by atoms with van der Waals surface area (Å²) >= 11 is 0. The van der Waals surface area contributed by atoms with Crippen molar-refractivity contribution in [2.45, 2.75) is 45.8 Å². The number of fused-ring (bicyclic) bond motifs is 2. The standard InChI is InChI=1S/C23H23N3O4/c1-3-15-6-9-17(10-7-15)24-21(27)14(2)30-23(29)16-8-11-18-19(13-16)25-20-5-4-12-26(20)22(18)28/h6-11,13-14H,3-5,12H2,1-2H3,(H,24,27)/t14-/m1/s1. The Bertz CT molecular complexity index is 1180. The average Bonchev–Trinajstić information content (AvgIpc) is 3.22. The van der Waals surface area contributed by atoms with Gasteiger partial charge >= 0.3 is 5.97 Å². The summed E-state index contributed by atoms with van der Waals surface area (Å²) in [5.74, 6) is -0.314. The molecule has 0 aliphatic carbocycles. The van der Waals surface area contributed by atoms with Gasteiger partial charge in [-0.25, -0.2) is 9.78 Å². The lowest BCUT2D eigenvalue weighted by molar-refractivity contribution is -0.123. The van der Waals surface area contributed by atoms with Crippen molar-refractivity contribution in [1.29, 1.82) is 0 Å². The number of aryl methyl sites for hydroxylation is 2. The third-order valence-corrected chi connectivity index (χ3v) is 5.33. The fourth-order valence-corrected chi connectivity index (χ4v) is 3.56. The zero-order valence-electron chi connectivity index (χ0n) is 17.0. The van der Waals surface area contributed by atoms with E-state index in [9.17, 15) is 14.4 Å². The summed E-state index contributed by atoms with van der Waals surface area (Å²) in [6.07, 6.45) is 1.58. The second-order valence-corrected chi connectivity index (χ2v) is 7.41. The number of anilines is 1. The fourth-order valence-electron chi connectivity index (χ4n) is 3.56. The van der Waals surface area contributed by atoms with Gasteiger partial charge in [0, 0.05) is 18.7 Å². The zero-order chi connectivity index (χ0) is 21.3. The molecule has 1 aliphatic rings. The molecule has 0 spiro atoms. The topological polar surface area (TPSA) is 90.3 Å². The number of hydrogen-bond donors (Lipinski definition) is 1. The van der Waals surface area contributed by atoms with E-state index in [-0.39, 0.29) is 11.1 Å². The van der Waals surface area contributed by atoms with Crippen LogP contribution in [0.2, 0.25) is 0 Å². The van der Waals surface area contributed by atoms with Gasteiger partial charge in [-0.1, -0.05) is 19.1 Å². The first-order chi connectivity index (χ1) is 14.5. The molecular formula is C23H23N3O4. The number of carbonyl (C=O) groups excluding carboxylic acids is 2. The highest BCUT2D eigenvalue weighted by atomic mass is 16.5. The second kappa shape index (κ2) is 8.10. The second-order valence-electron chi connectivity index (χ2n) is 7.41.